The molecule has 2 fully saturated rings. The van der Waals surface area contributed by atoms with E-state index < -0.39 is 0 Å². The van der Waals surface area contributed by atoms with Crippen molar-refractivity contribution >= 4 is 35.0 Å². The Balaban J connectivity index is 1.35. The number of rotatable bonds is 9. The maximum absolute atomic E-state index is 12.5. The lowest BCUT2D eigenvalue weighted by Crippen LogP contribution is -2.30. The number of hydrogen-bond acceptors (Lipinski definition) is 6. The first-order chi connectivity index (χ1) is 14.6. The summed E-state index contributed by atoms with van der Waals surface area (Å²) in [6.07, 6.45) is 4.79. The Bertz CT molecular complexity index is 855. The van der Waals surface area contributed by atoms with E-state index in [0.717, 1.165) is 36.4 Å². The lowest BCUT2D eigenvalue weighted by molar-refractivity contribution is -0.113. The summed E-state index contributed by atoms with van der Waals surface area (Å²) in [7, 11) is 0. The monoisotopic (exact) mass is 428 g/mol. The van der Waals surface area contributed by atoms with Crippen molar-refractivity contribution in [2.45, 2.75) is 63.7 Å². The molecular weight excluding hydrogens is 396 g/mol. The van der Waals surface area contributed by atoms with Gasteiger partial charge in [0.15, 0.2) is 5.16 Å². The molecule has 0 atom stereocenters. The van der Waals surface area contributed by atoms with Crippen LogP contribution >= 0.6 is 11.8 Å². The highest BCUT2D eigenvalue weighted by Gasteiger charge is 2.32. The van der Waals surface area contributed by atoms with Crippen LogP contribution in [0.1, 0.15) is 52.5 Å². The molecule has 30 heavy (non-hydrogen) atoms. The van der Waals surface area contributed by atoms with Crippen LogP contribution in [0.5, 0.6) is 0 Å². The minimum absolute atomic E-state index is 0.0166. The predicted octanol–water partition coefficient (Wildman–Crippen LogP) is 4.18. The number of nitrogens with one attached hydrogen (secondary N) is 1. The molecule has 0 spiro atoms. The van der Waals surface area contributed by atoms with E-state index in [9.17, 15) is 4.79 Å². The molecule has 1 saturated heterocycles. The Morgan fingerprint density at radius 3 is 2.50 bits per heavy atom. The van der Waals surface area contributed by atoms with Crippen molar-refractivity contribution in [3.05, 3.63) is 24.3 Å². The van der Waals surface area contributed by atoms with Crippen LogP contribution in [-0.4, -0.2) is 52.1 Å². The smallest absolute Gasteiger partial charge is 0.234 e. The first-order valence-corrected chi connectivity index (χ1v) is 12.0. The van der Waals surface area contributed by atoms with Crippen molar-refractivity contribution in [3.8, 4) is 0 Å². The van der Waals surface area contributed by atoms with Crippen LogP contribution in [0.3, 0.4) is 0 Å². The zero-order valence-corrected chi connectivity index (χ0v) is 19.0. The highest BCUT2D eigenvalue weighted by Crippen LogP contribution is 2.41. The summed E-state index contributed by atoms with van der Waals surface area (Å²) in [5.74, 6) is 1.30. The molecule has 1 amide bonds. The van der Waals surface area contributed by atoms with Crippen LogP contribution in [-0.2, 0) is 4.79 Å². The van der Waals surface area contributed by atoms with Crippen LogP contribution in [0.15, 0.2) is 29.4 Å². The van der Waals surface area contributed by atoms with Gasteiger partial charge in [0.05, 0.1) is 5.75 Å². The second kappa shape index (κ2) is 9.29. The third kappa shape index (κ3) is 4.74. The van der Waals surface area contributed by atoms with E-state index in [1.54, 1.807) is 0 Å². The van der Waals surface area contributed by atoms with Gasteiger partial charge in [-0.2, -0.15) is 0 Å². The lowest BCUT2D eigenvalue weighted by Gasteiger charge is -2.27. The minimum atomic E-state index is -0.0166. The molecule has 1 aliphatic heterocycles. The van der Waals surface area contributed by atoms with Gasteiger partial charge in [0.25, 0.3) is 0 Å². The van der Waals surface area contributed by atoms with Gasteiger partial charge in [-0.3, -0.25) is 9.36 Å². The summed E-state index contributed by atoms with van der Waals surface area (Å²) in [6.45, 7) is 9.60. The summed E-state index contributed by atoms with van der Waals surface area (Å²) < 4.78 is 2.25. The Morgan fingerprint density at radius 2 is 1.90 bits per heavy atom. The van der Waals surface area contributed by atoms with Gasteiger partial charge in [0, 0.05) is 43.1 Å². The summed E-state index contributed by atoms with van der Waals surface area (Å²) in [5.41, 5.74) is 2.00. The molecule has 1 aromatic heterocycles. The first-order valence-electron chi connectivity index (χ1n) is 11.1. The molecule has 2 aromatic rings. The third-order valence-corrected chi connectivity index (χ3v) is 6.67. The van der Waals surface area contributed by atoms with Crippen LogP contribution in [0.4, 0.5) is 17.3 Å². The largest absolute Gasteiger partial charge is 0.369 e. The number of anilines is 3. The average Bonchev–Trinajstić information content (AvgIpc) is 3.25. The Hall–Kier alpha value is -2.22. The lowest BCUT2D eigenvalue weighted by atomic mass is 10.2. The fourth-order valence-electron chi connectivity index (χ4n) is 4.06. The molecule has 7 nitrogen and oxygen atoms in total. The molecule has 2 aliphatic rings. The van der Waals surface area contributed by atoms with Crippen molar-refractivity contribution in [2.75, 3.05) is 40.5 Å². The number of carbonyl (C=O) groups is 1. The van der Waals surface area contributed by atoms with Gasteiger partial charge < -0.3 is 15.1 Å². The number of thioether (sulfide) groups is 1. The molecule has 1 saturated carbocycles. The molecular formula is C22H32N6OS. The van der Waals surface area contributed by atoms with Gasteiger partial charge in [-0.05, 0) is 70.7 Å². The van der Waals surface area contributed by atoms with Crippen LogP contribution in [0, 0.1) is 0 Å². The standard InChI is InChI=1S/C22H32N6OS/c1-4-27(16(2)3)18-9-7-17(8-10-18)23-20(29)15-30-22-25-24-21(26-13-5-6-14-26)28(22)19-11-12-19/h7-10,16,19H,4-6,11-15H2,1-3H3,(H,23,29). The fourth-order valence-corrected chi connectivity index (χ4v) is 4.86. The third-order valence-electron chi connectivity index (χ3n) is 5.73. The maximum atomic E-state index is 12.5. The summed E-state index contributed by atoms with van der Waals surface area (Å²) in [4.78, 5) is 17.2. The van der Waals surface area contributed by atoms with E-state index in [1.807, 2.05) is 12.1 Å². The number of benzene rings is 1. The zero-order valence-electron chi connectivity index (χ0n) is 18.2. The van der Waals surface area contributed by atoms with Crippen molar-refractivity contribution in [1.29, 1.82) is 0 Å². The SMILES string of the molecule is CCN(c1ccc(NC(=O)CSc2nnc(N3CCCC3)n2C2CC2)cc1)C(C)C. The summed E-state index contributed by atoms with van der Waals surface area (Å²) >= 11 is 1.48. The molecule has 1 N–H and O–H groups in total. The highest BCUT2D eigenvalue weighted by molar-refractivity contribution is 7.99. The van der Waals surface area contributed by atoms with Crippen molar-refractivity contribution in [1.82, 2.24) is 14.8 Å². The van der Waals surface area contributed by atoms with Gasteiger partial charge in [-0.25, -0.2) is 0 Å². The Labute approximate surface area is 183 Å². The molecule has 2 heterocycles. The van der Waals surface area contributed by atoms with E-state index in [1.165, 1.54) is 43.1 Å². The topological polar surface area (TPSA) is 66.3 Å². The quantitative estimate of drug-likeness (QED) is 0.605. The van der Waals surface area contributed by atoms with E-state index in [0.29, 0.717) is 17.8 Å². The van der Waals surface area contributed by atoms with Crippen molar-refractivity contribution < 1.29 is 4.79 Å². The van der Waals surface area contributed by atoms with Crippen LogP contribution in [0.2, 0.25) is 0 Å². The fraction of sp³-hybridized carbons (Fsp3) is 0.591. The molecule has 0 unspecified atom stereocenters. The zero-order chi connectivity index (χ0) is 21.1. The first kappa shape index (κ1) is 21.0. The number of nitrogens with zero attached hydrogens (tertiary/aromatic N) is 5. The highest BCUT2D eigenvalue weighted by atomic mass is 32.2. The summed E-state index contributed by atoms with van der Waals surface area (Å²) in [5, 5.41) is 12.7. The molecule has 0 bridgehead atoms. The molecule has 162 valence electrons. The normalized spacial score (nSPS) is 16.3. The van der Waals surface area contributed by atoms with Crippen molar-refractivity contribution in [3.63, 3.8) is 0 Å². The van der Waals surface area contributed by atoms with Gasteiger partial charge in [-0.1, -0.05) is 11.8 Å². The van der Waals surface area contributed by atoms with E-state index >= 15 is 0 Å². The van der Waals surface area contributed by atoms with Crippen molar-refractivity contribution in [2.24, 2.45) is 0 Å². The predicted molar refractivity (Wildman–Crippen MR) is 124 cm³/mol. The number of carbonyl (C=O) groups excluding carboxylic acids is 1. The molecule has 1 aliphatic carbocycles. The maximum Gasteiger partial charge on any atom is 0.234 e. The molecule has 0 radical (unpaired) electrons. The molecule has 4 rings (SSSR count). The van der Waals surface area contributed by atoms with Gasteiger partial charge in [0.1, 0.15) is 0 Å². The number of aromatic nitrogens is 3. The number of amides is 1. The van der Waals surface area contributed by atoms with E-state index in [2.05, 4.69) is 62.8 Å². The Morgan fingerprint density at radius 1 is 1.20 bits per heavy atom. The van der Waals surface area contributed by atoms with Crippen LogP contribution in [0.25, 0.3) is 0 Å². The van der Waals surface area contributed by atoms with Gasteiger partial charge >= 0.3 is 0 Å². The summed E-state index contributed by atoms with van der Waals surface area (Å²) in [6, 6.07) is 9.02. The van der Waals surface area contributed by atoms with Crippen LogP contribution < -0.4 is 15.1 Å². The second-order valence-electron chi connectivity index (χ2n) is 8.34. The van der Waals surface area contributed by atoms with Gasteiger partial charge in [-0.15, -0.1) is 10.2 Å². The number of hydrogen-bond donors (Lipinski definition) is 1. The van der Waals surface area contributed by atoms with E-state index in [4.69, 9.17) is 0 Å². The second-order valence-corrected chi connectivity index (χ2v) is 9.28. The average molecular weight is 429 g/mol. The molecule has 1 aromatic carbocycles. The van der Waals surface area contributed by atoms with E-state index in [-0.39, 0.29) is 5.91 Å². The Kier molecular flexibility index (Phi) is 6.51. The minimum Gasteiger partial charge on any atom is -0.369 e. The van der Waals surface area contributed by atoms with Gasteiger partial charge in [0.2, 0.25) is 11.9 Å². The molecule has 8 heteroatoms.